The Morgan fingerprint density at radius 1 is 1.23 bits per heavy atom. The molecule has 0 aliphatic carbocycles. The van der Waals surface area contributed by atoms with Crippen LogP contribution in [0.5, 0.6) is 0 Å². The average molecular weight is 407 g/mol. The van der Waals surface area contributed by atoms with E-state index in [1.165, 1.54) is 54.0 Å². The van der Waals surface area contributed by atoms with E-state index in [9.17, 15) is 4.79 Å². The molecule has 4 heterocycles. The third-order valence-corrected chi connectivity index (χ3v) is 5.89. The highest BCUT2D eigenvalue weighted by Gasteiger charge is 2.26. The molecule has 2 aromatic heterocycles. The van der Waals surface area contributed by atoms with E-state index in [-0.39, 0.29) is 5.91 Å². The first-order valence-corrected chi connectivity index (χ1v) is 10.8. The van der Waals surface area contributed by atoms with Crippen LogP contribution in [0.3, 0.4) is 0 Å². The van der Waals surface area contributed by atoms with E-state index < -0.39 is 0 Å². The summed E-state index contributed by atoms with van der Waals surface area (Å²) < 4.78 is 0. The lowest BCUT2D eigenvalue weighted by atomic mass is 9.94. The standard InChI is InChI=1S/C23H30N6O/c1-16(2)22-19(7-6-12-28-10-4-5-11-28)17(3)27-20(22)13-18-14-26-29(23(18)30)21-15-24-8-9-25-21/h8-9,13-16,27H,4-7,10-12H2,1-3H3. The normalized spacial score (nSPS) is 18.5. The van der Waals surface area contributed by atoms with Gasteiger partial charge in [0.25, 0.3) is 5.91 Å². The molecule has 0 saturated carbocycles. The van der Waals surface area contributed by atoms with E-state index >= 15 is 0 Å². The van der Waals surface area contributed by atoms with Gasteiger partial charge in [-0.2, -0.15) is 10.1 Å². The van der Waals surface area contributed by atoms with Crippen LogP contribution in [-0.2, 0) is 11.2 Å². The van der Waals surface area contributed by atoms with E-state index in [1.807, 2.05) is 6.08 Å². The molecule has 2 aliphatic heterocycles. The second kappa shape index (κ2) is 8.92. The maximum absolute atomic E-state index is 12.8. The number of likely N-dealkylation sites (tertiary alicyclic amines) is 1. The fourth-order valence-corrected chi connectivity index (χ4v) is 4.46. The Morgan fingerprint density at radius 2 is 2.03 bits per heavy atom. The monoisotopic (exact) mass is 406 g/mol. The molecule has 30 heavy (non-hydrogen) atoms. The van der Waals surface area contributed by atoms with Gasteiger partial charge in [0.2, 0.25) is 0 Å². The van der Waals surface area contributed by atoms with Gasteiger partial charge in [0, 0.05) is 23.8 Å². The maximum Gasteiger partial charge on any atom is 0.281 e. The summed E-state index contributed by atoms with van der Waals surface area (Å²) in [4.78, 5) is 27.1. The molecule has 1 amide bonds. The molecule has 0 atom stereocenters. The lowest BCUT2D eigenvalue weighted by Crippen LogP contribution is -2.22. The topological polar surface area (TPSA) is 77.5 Å². The Morgan fingerprint density at radius 3 is 2.73 bits per heavy atom. The molecule has 158 valence electrons. The molecular formula is C23H30N6O. The third kappa shape index (κ3) is 4.21. The molecule has 2 aromatic rings. The van der Waals surface area contributed by atoms with Crippen molar-refractivity contribution in [2.24, 2.45) is 5.10 Å². The Labute approximate surface area is 177 Å². The fraction of sp³-hybridized carbons (Fsp3) is 0.478. The Balaban J connectivity index is 1.54. The summed E-state index contributed by atoms with van der Waals surface area (Å²) in [6, 6.07) is 0. The van der Waals surface area contributed by atoms with E-state index in [0.717, 1.165) is 25.1 Å². The van der Waals surface area contributed by atoms with Gasteiger partial charge >= 0.3 is 0 Å². The molecule has 7 nitrogen and oxygen atoms in total. The molecule has 2 aliphatic rings. The number of aromatic nitrogens is 3. The van der Waals surface area contributed by atoms with E-state index in [1.54, 1.807) is 18.6 Å². The first-order chi connectivity index (χ1) is 14.5. The molecule has 0 spiro atoms. The zero-order valence-electron chi connectivity index (χ0n) is 18.1. The zero-order valence-corrected chi connectivity index (χ0v) is 18.1. The van der Waals surface area contributed by atoms with Crippen molar-refractivity contribution in [3.8, 4) is 0 Å². The minimum atomic E-state index is -0.187. The van der Waals surface area contributed by atoms with Gasteiger partial charge in [-0.3, -0.25) is 9.78 Å². The number of carbonyl (C=O) groups is 1. The summed E-state index contributed by atoms with van der Waals surface area (Å²) in [5, 5.41) is 5.52. The van der Waals surface area contributed by atoms with Gasteiger partial charge in [0.05, 0.1) is 18.0 Å². The molecule has 1 fully saturated rings. The number of anilines is 1. The summed E-state index contributed by atoms with van der Waals surface area (Å²) in [6.07, 6.45) is 13.1. The number of rotatable bonds is 7. The molecule has 1 saturated heterocycles. The number of hydrazone groups is 1. The van der Waals surface area contributed by atoms with Crippen LogP contribution in [0.2, 0.25) is 0 Å². The number of aromatic amines is 1. The number of hydrogen-bond acceptors (Lipinski definition) is 5. The van der Waals surface area contributed by atoms with Gasteiger partial charge in [0.15, 0.2) is 5.82 Å². The van der Waals surface area contributed by atoms with Crippen molar-refractivity contribution in [3.05, 3.63) is 46.7 Å². The molecular weight excluding hydrogens is 376 g/mol. The highest BCUT2D eigenvalue weighted by Crippen LogP contribution is 2.30. The van der Waals surface area contributed by atoms with Gasteiger partial charge < -0.3 is 9.88 Å². The largest absolute Gasteiger partial charge is 0.359 e. The van der Waals surface area contributed by atoms with Gasteiger partial charge in [-0.1, -0.05) is 13.8 Å². The lowest BCUT2D eigenvalue weighted by molar-refractivity contribution is -0.114. The van der Waals surface area contributed by atoms with Crippen LogP contribution >= 0.6 is 0 Å². The first kappa shape index (κ1) is 20.5. The third-order valence-electron chi connectivity index (χ3n) is 5.89. The quantitative estimate of drug-likeness (QED) is 0.712. The number of nitrogens with one attached hydrogen (secondary N) is 1. The van der Waals surface area contributed by atoms with Crippen LogP contribution in [0.1, 0.15) is 61.5 Å². The molecule has 7 heteroatoms. The molecule has 0 unspecified atom stereocenters. The SMILES string of the molecule is Cc1[nH]c(C=C2C=NN(c3cnccn3)C2=O)c(C(C)C)c1CCCN1CCCC1. The van der Waals surface area contributed by atoms with Gasteiger partial charge in [0.1, 0.15) is 0 Å². The van der Waals surface area contributed by atoms with Crippen molar-refractivity contribution in [3.63, 3.8) is 0 Å². The van der Waals surface area contributed by atoms with E-state index in [0.29, 0.717) is 17.3 Å². The van der Waals surface area contributed by atoms with Crippen LogP contribution in [0, 0.1) is 6.92 Å². The predicted molar refractivity (Wildman–Crippen MR) is 120 cm³/mol. The summed E-state index contributed by atoms with van der Waals surface area (Å²) in [5.74, 6) is 0.609. The van der Waals surface area contributed by atoms with Crippen molar-refractivity contribution in [1.29, 1.82) is 0 Å². The van der Waals surface area contributed by atoms with Crippen LogP contribution in [0.25, 0.3) is 6.08 Å². The summed E-state index contributed by atoms with van der Waals surface area (Å²) in [6.45, 7) is 10.2. The van der Waals surface area contributed by atoms with Crippen LogP contribution in [-0.4, -0.2) is 51.6 Å². The number of amides is 1. The number of nitrogens with zero attached hydrogens (tertiary/aromatic N) is 5. The summed E-state index contributed by atoms with van der Waals surface area (Å²) >= 11 is 0. The molecule has 1 N–H and O–H groups in total. The van der Waals surface area contributed by atoms with Gasteiger partial charge in [-0.15, -0.1) is 0 Å². The second-order valence-corrected chi connectivity index (χ2v) is 8.39. The van der Waals surface area contributed by atoms with Crippen LogP contribution in [0.4, 0.5) is 5.82 Å². The Kier molecular flexibility index (Phi) is 6.08. The molecule has 0 radical (unpaired) electrons. The minimum Gasteiger partial charge on any atom is -0.359 e. The molecule has 0 aromatic carbocycles. The minimum absolute atomic E-state index is 0.187. The number of hydrogen-bond donors (Lipinski definition) is 1. The van der Waals surface area contributed by atoms with Crippen LogP contribution < -0.4 is 5.01 Å². The lowest BCUT2D eigenvalue weighted by Gasteiger charge is -2.15. The summed E-state index contributed by atoms with van der Waals surface area (Å²) in [5.41, 5.74) is 5.45. The molecule has 0 bridgehead atoms. The van der Waals surface area contributed by atoms with E-state index in [4.69, 9.17) is 0 Å². The van der Waals surface area contributed by atoms with E-state index in [2.05, 4.69) is 45.7 Å². The van der Waals surface area contributed by atoms with Crippen molar-refractivity contribution >= 4 is 24.0 Å². The highest BCUT2D eigenvalue weighted by molar-refractivity contribution is 6.25. The summed E-state index contributed by atoms with van der Waals surface area (Å²) in [7, 11) is 0. The van der Waals surface area contributed by atoms with Crippen molar-refractivity contribution in [2.45, 2.75) is 52.4 Å². The predicted octanol–water partition coefficient (Wildman–Crippen LogP) is 3.68. The smallest absolute Gasteiger partial charge is 0.281 e. The second-order valence-electron chi connectivity index (χ2n) is 8.39. The molecule has 4 rings (SSSR count). The fourth-order valence-electron chi connectivity index (χ4n) is 4.46. The number of H-pyrrole nitrogens is 1. The maximum atomic E-state index is 12.8. The number of carbonyl (C=O) groups excluding carboxylic acids is 1. The zero-order chi connectivity index (χ0) is 21.1. The van der Waals surface area contributed by atoms with Gasteiger partial charge in [-0.05, 0) is 75.4 Å². The Bertz CT molecular complexity index is 954. The highest BCUT2D eigenvalue weighted by atomic mass is 16.2. The average Bonchev–Trinajstić information content (AvgIpc) is 3.44. The van der Waals surface area contributed by atoms with Crippen molar-refractivity contribution in [1.82, 2.24) is 19.9 Å². The van der Waals surface area contributed by atoms with Crippen LogP contribution in [0.15, 0.2) is 29.3 Å². The van der Waals surface area contributed by atoms with Crippen molar-refractivity contribution in [2.75, 3.05) is 24.6 Å². The first-order valence-electron chi connectivity index (χ1n) is 10.8. The number of aryl methyl sites for hydroxylation is 1. The van der Waals surface area contributed by atoms with Gasteiger partial charge in [-0.25, -0.2) is 4.98 Å². The van der Waals surface area contributed by atoms with Crippen molar-refractivity contribution < 1.29 is 4.79 Å². The Hall–Kier alpha value is -2.80.